The Hall–Kier alpha value is -3.62. The van der Waals surface area contributed by atoms with E-state index >= 15 is 0 Å². The lowest BCUT2D eigenvalue weighted by molar-refractivity contribution is 0.0332. The lowest BCUT2D eigenvalue weighted by atomic mass is 10.0. The van der Waals surface area contributed by atoms with Gasteiger partial charge in [-0.1, -0.05) is 12.1 Å². The minimum atomic E-state index is -1.40. The molecular weight excluding hydrogens is 459 g/mol. The van der Waals surface area contributed by atoms with Crippen LogP contribution in [0.25, 0.3) is 21.9 Å². The number of hydrogen-bond acceptors (Lipinski definition) is 6. The van der Waals surface area contributed by atoms with E-state index < -0.39 is 6.36 Å². The monoisotopic (exact) mass is 488 g/mol. The fraction of sp³-hybridized carbons (Fsp3) is 0.321. The summed E-state index contributed by atoms with van der Waals surface area (Å²) in [4.78, 5) is 19.7. The van der Waals surface area contributed by atoms with Crippen molar-refractivity contribution in [3.8, 4) is 16.9 Å². The molecule has 8 heteroatoms. The van der Waals surface area contributed by atoms with E-state index in [1.807, 2.05) is 24.0 Å². The minimum absolute atomic E-state index is 0.0575. The highest BCUT2D eigenvalue weighted by atomic mass is 19.1. The van der Waals surface area contributed by atoms with Crippen molar-refractivity contribution in [3.63, 3.8) is 0 Å². The van der Waals surface area contributed by atoms with Crippen LogP contribution >= 0.6 is 0 Å². The van der Waals surface area contributed by atoms with E-state index in [9.17, 15) is 9.18 Å². The molecule has 4 aromatic rings. The Balaban J connectivity index is 1.36. The number of ketones is 1. The molecule has 3 heterocycles. The summed E-state index contributed by atoms with van der Waals surface area (Å²) in [6.07, 6.45) is 2.49. The minimum Gasteiger partial charge on any atom is -0.461 e. The van der Waals surface area contributed by atoms with Gasteiger partial charge < -0.3 is 9.47 Å². The lowest BCUT2D eigenvalue weighted by Crippen LogP contribution is -2.36. The summed E-state index contributed by atoms with van der Waals surface area (Å²) < 4.78 is 25.5. The van der Waals surface area contributed by atoms with Crippen molar-refractivity contribution in [3.05, 3.63) is 77.9 Å². The highest BCUT2D eigenvalue weighted by Crippen LogP contribution is 2.28. The van der Waals surface area contributed by atoms with Crippen LogP contribution in [0, 0.1) is 0 Å². The highest BCUT2D eigenvalue weighted by Gasteiger charge is 2.17. The first-order chi connectivity index (χ1) is 17.5. The van der Waals surface area contributed by atoms with Gasteiger partial charge in [-0.25, -0.2) is 4.39 Å². The molecule has 0 radical (unpaired) electrons. The van der Waals surface area contributed by atoms with Crippen LogP contribution in [0.1, 0.15) is 28.7 Å². The Kier molecular flexibility index (Phi) is 7.06. The molecule has 1 aliphatic rings. The van der Waals surface area contributed by atoms with Crippen molar-refractivity contribution in [2.45, 2.75) is 26.2 Å². The number of aryl methyl sites for hydroxylation is 1. The third kappa shape index (κ3) is 5.45. The molecule has 1 aliphatic heterocycles. The van der Waals surface area contributed by atoms with Gasteiger partial charge in [0.2, 0.25) is 6.36 Å². The number of alkyl halides is 1. The van der Waals surface area contributed by atoms with Crippen molar-refractivity contribution >= 4 is 16.6 Å². The number of carbonyl (C=O) groups excluding carboxylic acids is 1. The Morgan fingerprint density at radius 1 is 1.08 bits per heavy atom. The van der Waals surface area contributed by atoms with Crippen LogP contribution in [0.3, 0.4) is 0 Å². The van der Waals surface area contributed by atoms with Gasteiger partial charge in [-0.3, -0.25) is 19.4 Å². The number of rotatable bonds is 8. The second kappa shape index (κ2) is 10.6. The summed E-state index contributed by atoms with van der Waals surface area (Å²) in [6, 6.07) is 14.8. The predicted octanol–water partition coefficient (Wildman–Crippen LogP) is 4.59. The maximum Gasteiger partial charge on any atom is 0.235 e. The zero-order chi connectivity index (χ0) is 25.1. The number of hydrogen-bond donors (Lipinski definition) is 0. The molecule has 1 fully saturated rings. The number of morpholine rings is 1. The second-order valence-electron chi connectivity index (χ2n) is 9.04. The molecule has 0 aliphatic carbocycles. The lowest BCUT2D eigenvalue weighted by Gasteiger charge is -2.27. The number of aromatic nitrogens is 3. The highest BCUT2D eigenvalue weighted by molar-refractivity contribution is 5.98. The molecule has 5 rings (SSSR count). The smallest absolute Gasteiger partial charge is 0.235 e. The quantitative estimate of drug-likeness (QED) is 0.338. The van der Waals surface area contributed by atoms with E-state index in [2.05, 4.69) is 33.2 Å². The van der Waals surface area contributed by atoms with Gasteiger partial charge in [0, 0.05) is 62.0 Å². The first-order valence-corrected chi connectivity index (χ1v) is 12.1. The molecule has 0 amide bonds. The number of fused-ring (bicyclic) bond motifs is 1. The van der Waals surface area contributed by atoms with Gasteiger partial charge in [0.05, 0.1) is 31.5 Å². The molecule has 36 heavy (non-hydrogen) atoms. The molecule has 2 aromatic heterocycles. The number of halogens is 1. The van der Waals surface area contributed by atoms with E-state index in [0.29, 0.717) is 17.0 Å². The van der Waals surface area contributed by atoms with Crippen molar-refractivity contribution in [2.24, 2.45) is 7.05 Å². The number of carbonyl (C=O) groups is 1. The van der Waals surface area contributed by atoms with E-state index in [1.165, 1.54) is 6.92 Å². The Morgan fingerprint density at radius 3 is 2.61 bits per heavy atom. The summed E-state index contributed by atoms with van der Waals surface area (Å²) in [5, 5.41) is 6.55. The molecule has 1 unspecified atom stereocenters. The number of ether oxygens (including phenoxy) is 2. The molecule has 0 N–H and O–H groups in total. The summed E-state index contributed by atoms with van der Waals surface area (Å²) in [5.41, 5.74) is 4.58. The van der Waals surface area contributed by atoms with Crippen molar-refractivity contribution in [1.82, 2.24) is 19.7 Å². The Labute approximate surface area is 209 Å². The molecule has 1 saturated heterocycles. The van der Waals surface area contributed by atoms with Gasteiger partial charge in [0.1, 0.15) is 5.75 Å². The van der Waals surface area contributed by atoms with Gasteiger partial charge in [-0.05, 0) is 47.3 Å². The van der Waals surface area contributed by atoms with Crippen molar-refractivity contribution in [1.29, 1.82) is 0 Å². The fourth-order valence-electron chi connectivity index (χ4n) is 4.49. The number of nitrogens with zero attached hydrogens (tertiary/aromatic N) is 4. The predicted molar refractivity (Wildman–Crippen MR) is 136 cm³/mol. The molecular formula is C28H29FN4O3. The summed E-state index contributed by atoms with van der Waals surface area (Å²) in [6.45, 7) is 5.47. The van der Waals surface area contributed by atoms with E-state index in [0.717, 1.165) is 60.4 Å². The standard InChI is InChI=1S/C28H29FN4O3/c1-19(29)36-25-7-5-20(6-8-25)28(34)15-24-14-23-13-21(3-4-22(23)16-30-24)26-17-31-32(2)27(26)18-33-9-11-35-12-10-33/h3-8,13-14,16-17,19H,9-12,15,18H2,1-2H3. The molecule has 2 aromatic carbocycles. The SMILES string of the molecule is CC(F)Oc1ccc(C(=O)Cc2cc3cc(-c4cnn(C)c4CN4CCOCC4)ccc3cn2)cc1. The first kappa shape index (κ1) is 24.1. The maximum atomic E-state index is 13.0. The van der Waals surface area contributed by atoms with E-state index in [1.54, 1.807) is 30.5 Å². The van der Waals surface area contributed by atoms with Gasteiger partial charge in [0.15, 0.2) is 5.78 Å². The van der Waals surface area contributed by atoms with E-state index in [4.69, 9.17) is 9.47 Å². The molecule has 1 atom stereocenters. The van der Waals surface area contributed by atoms with Crippen LogP contribution in [0.2, 0.25) is 0 Å². The van der Waals surface area contributed by atoms with Gasteiger partial charge in [-0.15, -0.1) is 0 Å². The van der Waals surface area contributed by atoms with Crippen LogP contribution in [0.15, 0.2) is 60.9 Å². The van der Waals surface area contributed by atoms with Crippen LogP contribution in [-0.4, -0.2) is 58.1 Å². The summed E-state index contributed by atoms with van der Waals surface area (Å²) >= 11 is 0. The second-order valence-corrected chi connectivity index (χ2v) is 9.04. The molecule has 0 bridgehead atoms. The van der Waals surface area contributed by atoms with Gasteiger partial charge >= 0.3 is 0 Å². The first-order valence-electron chi connectivity index (χ1n) is 12.1. The third-order valence-corrected chi connectivity index (χ3v) is 6.44. The van der Waals surface area contributed by atoms with Gasteiger partial charge in [0.25, 0.3) is 0 Å². The molecule has 186 valence electrons. The normalized spacial score (nSPS) is 15.2. The van der Waals surface area contributed by atoms with Gasteiger partial charge in [-0.2, -0.15) is 5.10 Å². The average Bonchev–Trinajstić information content (AvgIpc) is 3.24. The molecule has 0 saturated carbocycles. The van der Waals surface area contributed by atoms with Crippen LogP contribution < -0.4 is 4.74 Å². The molecule has 0 spiro atoms. The topological polar surface area (TPSA) is 69.5 Å². The van der Waals surface area contributed by atoms with Crippen LogP contribution in [0.5, 0.6) is 5.75 Å². The Bertz CT molecular complexity index is 1360. The summed E-state index contributed by atoms with van der Waals surface area (Å²) in [7, 11) is 1.98. The number of pyridine rings is 1. The average molecular weight is 489 g/mol. The zero-order valence-electron chi connectivity index (χ0n) is 20.5. The van der Waals surface area contributed by atoms with Crippen molar-refractivity contribution < 1.29 is 18.7 Å². The van der Waals surface area contributed by atoms with Crippen molar-refractivity contribution in [2.75, 3.05) is 26.3 Å². The number of benzene rings is 2. The summed E-state index contributed by atoms with van der Waals surface area (Å²) in [5.74, 6) is 0.333. The Morgan fingerprint density at radius 2 is 1.86 bits per heavy atom. The fourth-order valence-corrected chi connectivity index (χ4v) is 4.49. The van der Waals surface area contributed by atoms with Crippen LogP contribution in [-0.2, 0) is 24.8 Å². The van der Waals surface area contributed by atoms with Crippen LogP contribution in [0.4, 0.5) is 4.39 Å². The number of Topliss-reactive ketones (excluding diaryl/α,β-unsaturated/α-hetero) is 1. The zero-order valence-corrected chi connectivity index (χ0v) is 20.5. The molecule has 7 nitrogen and oxygen atoms in total. The maximum absolute atomic E-state index is 13.0. The third-order valence-electron chi connectivity index (χ3n) is 6.44. The van der Waals surface area contributed by atoms with E-state index in [-0.39, 0.29) is 12.2 Å². The largest absolute Gasteiger partial charge is 0.461 e.